The predicted molar refractivity (Wildman–Crippen MR) is 117 cm³/mol. The third-order valence-corrected chi connectivity index (χ3v) is 5.15. The monoisotopic (exact) mass is 395 g/mol. The highest BCUT2D eigenvalue weighted by atomic mass is 16.5. The number of amides is 1. The summed E-state index contributed by atoms with van der Waals surface area (Å²) in [6.07, 6.45) is 2.45. The summed E-state index contributed by atoms with van der Waals surface area (Å²) in [5, 5.41) is 5.96. The van der Waals surface area contributed by atoms with E-state index in [-0.39, 0.29) is 18.4 Å². The van der Waals surface area contributed by atoms with Crippen molar-refractivity contribution in [2.75, 3.05) is 41.8 Å². The van der Waals surface area contributed by atoms with Gasteiger partial charge < -0.3 is 20.3 Å². The second-order valence-corrected chi connectivity index (χ2v) is 7.42. The molecule has 154 valence electrons. The smallest absolute Gasteiger partial charge is 0.338 e. The number of rotatable bonds is 7. The quantitative estimate of drug-likeness (QED) is 0.689. The Morgan fingerprint density at radius 3 is 2.24 bits per heavy atom. The van der Waals surface area contributed by atoms with Crippen molar-refractivity contribution in [3.05, 3.63) is 54.1 Å². The van der Waals surface area contributed by atoms with E-state index in [4.69, 9.17) is 4.74 Å². The van der Waals surface area contributed by atoms with Gasteiger partial charge >= 0.3 is 5.97 Å². The van der Waals surface area contributed by atoms with Crippen molar-refractivity contribution in [1.29, 1.82) is 0 Å². The lowest BCUT2D eigenvalue weighted by Gasteiger charge is -2.32. The zero-order chi connectivity index (χ0) is 20.6. The van der Waals surface area contributed by atoms with E-state index in [0.29, 0.717) is 12.2 Å². The topological polar surface area (TPSA) is 70.7 Å². The van der Waals surface area contributed by atoms with E-state index >= 15 is 0 Å². The lowest BCUT2D eigenvalue weighted by Crippen LogP contribution is -2.32. The van der Waals surface area contributed by atoms with Gasteiger partial charge in [0.05, 0.1) is 18.7 Å². The fraction of sp³-hybridized carbons (Fsp3) is 0.391. The van der Waals surface area contributed by atoms with E-state index in [0.717, 1.165) is 30.4 Å². The molecule has 1 heterocycles. The third-order valence-electron chi connectivity index (χ3n) is 5.15. The summed E-state index contributed by atoms with van der Waals surface area (Å²) in [4.78, 5) is 26.3. The van der Waals surface area contributed by atoms with E-state index in [2.05, 4.69) is 34.6 Å². The average molecular weight is 396 g/mol. The fourth-order valence-corrected chi connectivity index (χ4v) is 3.35. The van der Waals surface area contributed by atoms with Crippen molar-refractivity contribution in [2.45, 2.75) is 26.7 Å². The number of nitrogens with zero attached hydrogens (tertiary/aromatic N) is 1. The minimum Gasteiger partial charge on any atom is -0.462 e. The molecular weight excluding hydrogens is 366 g/mol. The number of carbonyl (C=O) groups excluding carboxylic acids is 2. The number of esters is 1. The Balaban J connectivity index is 1.46. The predicted octanol–water partition coefficient (Wildman–Crippen LogP) is 4.15. The molecule has 0 bridgehead atoms. The van der Waals surface area contributed by atoms with E-state index < -0.39 is 0 Å². The number of hydrogen-bond donors (Lipinski definition) is 2. The Labute approximate surface area is 172 Å². The largest absolute Gasteiger partial charge is 0.462 e. The van der Waals surface area contributed by atoms with Gasteiger partial charge in [0, 0.05) is 30.2 Å². The molecule has 1 aliphatic rings. The lowest BCUT2D eigenvalue weighted by molar-refractivity contribution is -0.114. The molecule has 0 spiro atoms. The normalized spacial score (nSPS) is 14.3. The molecule has 2 aromatic carbocycles. The SMILES string of the molecule is CCOC(=O)c1ccc(NCC(=O)Nc2ccc(N3CCC(C)CC3)cc2)cc1. The van der Waals surface area contributed by atoms with E-state index in [1.807, 2.05) is 12.1 Å². The molecule has 0 aliphatic carbocycles. The molecule has 2 aromatic rings. The summed E-state index contributed by atoms with van der Waals surface area (Å²) in [5.74, 6) is 0.331. The van der Waals surface area contributed by atoms with Crippen molar-refractivity contribution in [1.82, 2.24) is 0 Å². The highest BCUT2D eigenvalue weighted by molar-refractivity contribution is 5.94. The maximum Gasteiger partial charge on any atom is 0.338 e. The summed E-state index contributed by atoms with van der Waals surface area (Å²) in [7, 11) is 0. The van der Waals surface area contributed by atoms with Gasteiger partial charge in [0.1, 0.15) is 0 Å². The summed E-state index contributed by atoms with van der Waals surface area (Å²) < 4.78 is 4.96. The number of piperidine rings is 1. The fourth-order valence-electron chi connectivity index (χ4n) is 3.35. The van der Waals surface area contributed by atoms with Gasteiger partial charge in [0.2, 0.25) is 5.91 Å². The van der Waals surface area contributed by atoms with Crippen LogP contribution in [0, 0.1) is 5.92 Å². The number of benzene rings is 2. The first-order chi connectivity index (χ1) is 14.0. The van der Waals surface area contributed by atoms with Gasteiger partial charge in [-0.25, -0.2) is 4.79 Å². The highest BCUT2D eigenvalue weighted by Crippen LogP contribution is 2.24. The average Bonchev–Trinajstić information content (AvgIpc) is 2.74. The minimum atomic E-state index is -0.348. The van der Waals surface area contributed by atoms with Crippen molar-refractivity contribution in [3.63, 3.8) is 0 Å². The molecule has 0 aromatic heterocycles. The van der Waals surface area contributed by atoms with Crippen molar-refractivity contribution >= 4 is 28.9 Å². The summed E-state index contributed by atoms with van der Waals surface area (Å²) in [6, 6.07) is 14.9. The molecule has 1 fully saturated rings. The molecule has 0 unspecified atom stereocenters. The Bertz CT molecular complexity index is 810. The van der Waals surface area contributed by atoms with Crippen LogP contribution >= 0.6 is 0 Å². The molecule has 6 heteroatoms. The van der Waals surface area contributed by atoms with Crippen molar-refractivity contribution in [2.24, 2.45) is 5.92 Å². The Hall–Kier alpha value is -3.02. The summed E-state index contributed by atoms with van der Waals surface area (Å²) >= 11 is 0. The highest BCUT2D eigenvalue weighted by Gasteiger charge is 2.16. The van der Waals surface area contributed by atoms with Gasteiger partial charge in [-0.3, -0.25) is 4.79 Å². The van der Waals surface area contributed by atoms with Gasteiger partial charge in [0.15, 0.2) is 0 Å². The van der Waals surface area contributed by atoms with Crippen molar-refractivity contribution in [3.8, 4) is 0 Å². The van der Waals surface area contributed by atoms with E-state index in [1.165, 1.54) is 18.5 Å². The van der Waals surface area contributed by atoms with Gasteiger partial charge in [0.25, 0.3) is 0 Å². The van der Waals surface area contributed by atoms with E-state index in [9.17, 15) is 9.59 Å². The van der Waals surface area contributed by atoms with Gasteiger partial charge in [-0.1, -0.05) is 6.92 Å². The van der Waals surface area contributed by atoms with Gasteiger partial charge in [-0.15, -0.1) is 0 Å². The maximum atomic E-state index is 12.2. The van der Waals surface area contributed by atoms with Crippen LogP contribution in [0.4, 0.5) is 17.1 Å². The molecule has 6 nitrogen and oxygen atoms in total. The summed E-state index contributed by atoms with van der Waals surface area (Å²) in [6.45, 7) is 6.74. The molecule has 1 aliphatic heterocycles. The zero-order valence-corrected chi connectivity index (χ0v) is 17.1. The Kier molecular flexibility index (Phi) is 7.11. The van der Waals surface area contributed by atoms with Crippen molar-refractivity contribution < 1.29 is 14.3 Å². The summed E-state index contributed by atoms with van der Waals surface area (Å²) in [5.41, 5.74) is 3.24. The van der Waals surface area contributed by atoms with Crippen LogP contribution in [0.5, 0.6) is 0 Å². The van der Waals surface area contributed by atoms with Crippen LogP contribution in [-0.4, -0.2) is 38.1 Å². The number of carbonyl (C=O) groups is 2. The van der Waals surface area contributed by atoms with Crippen LogP contribution in [0.1, 0.15) is 37.0 Å². The molecule has 1 amide bonds. The van der Waals surface area contributed by atoms with Crippen LogP contribution < -0.4 is 15.5 Å². The molecule has 3 rings (SSSR count). The number of nitrogens with one attached hydrogen (secondary N) is 2. The van der Waals surface area contributed by atoms with Crippen LogP contribution in [-0.2, 0) is 9.53 Å². The zero-order valence-electron chi connectivity index (χ0n) is 17.1. The minimum absolute atomic E-state index is 0.126. The molecule has 0 radical (unpaired) electrons. The molecular formula is C23H29N3O3. The Morgan fingerprint density at radius 2 is 1.62 bits per heavy atom. The first kappa shape index (κ1) is 20.7. The molecule has 0 saturated carbocycles. The van der Waals surface area contributed by atoms with Gasteiger partial charge in [-0.2, -0.15) is 0 Å². The van der Waals surface area contributed by atoms with Crippen LogP contribution in [0.25, 0.3) is 0 Å². The molecule has 29 heavy (non-hydrogen) atoms. The number of anilines is 3. The Morgan fingerprint density at radius 1 is 1.00 bits per heavy atom. The maximum absolute atomic E-state index is 12.2. The second-order valence-electron chi connectivity index (χ2n) is 7.42. The van der Waals surface area contributed by atoms with Crippen LogP contribution in [0.3, 0.4) is 0 Å². The number of ether oxygens (including phenoxy) is 1. The second kappa shape index (κ2) is 9.96. The van der Waals surface area contributed by atoms with E-state index in [1.54, 1.807) is 31.2 Å². The molecule has 0 atom stereocenters. The third kappa shape index (κ3) is 5.98. The van der Waals surface area contributed by atoms with Crippen LogP contribution in [0.2, 0.25) is 0 Å². The lowest BCUT2D eigenvalue weighted by atomic mass is 9.99. The number of hydrogen-bond acceptors (Lipinski definition) is 5. The van der Waals surface area contributed by atoms with Crippen LogP contribution in [0.15, 0.2) is 48.5 Å². The molecule has 1 saturated heterocycles. The van der Waals surface area contributed by atoms with Gasteiger partial charge in [-0.05, 0) is 74.2 Å². The first-order valence-electron chi connectivity index (χ1n) is 10.2. The standard InChI is InChI=1S/C23H29N3O3/c1-3-29-23(28)18-4-6-19(7-5-18)24-16-22(27)25-20-8-10-21(11-9-20)26-14-12-17(2)13-15-26/h4-11,17,24H,3,12-16H2,1-2H3,(H,25,27). The first-order valence-corrected chi connectivity index (χ1v) is 10.2. The molecule has 2 N–H and O–H groups in total.